The van der Waals surface area contributed by atoms with Crippen LogP contribution >= 0.6 is 7.82 Å². The molecule has 0 saturated heterocycles. The van der Waals surface area contributed by atoms with Crippen molar-refractivity contribution in [2.45, 2.75) is 213 Å². The number of carbonyl (C=O) groups is 2. The monoisotopic (exact) mass is 762 g/mol. The highest BCUT2D eigenvalue weighted by atomic mass is 31.2. The second-order valence-electron chi connectivity index (χ2n) is 16.1. The van der Waals surface area contributed by atoms with Gasteiger partial charge in [0.25, 0.3) is 7.82 Å². The van der Waals surface area contributed by atoms with Crippen LogP contribution in [0.5, 0.6) is 0 Å². The Hall–Kier alpha value is -0.990. The van der Waals surface area contributed by atoms with E-state index in [0.717, 1.165) is 38.5 Å². The van der Waals surface area contributed by atoms with Crippen molar-refractivity contribution in [2.24, 2.45) is 0 Å². The van der Waals surface area contributed by atoms with Crippen molar-refractivity contribution in [1.82, 2.24) is 0 Å². The Morgan fingerprint density at radius 2 is 0.865 bits per heavy atom. The van der Waals surface area contributed by atoms with E-state index in [1.54, 1.807) is 0 Å². The van der Waals surface area contributed by atoms with Crippen molar-refractivity contribution in [1.29, 1.82) is 0 Å². The summed E-state index contributed by atoms with van der Waals surface area (Å²) in [6.45, 7) is 4.22. The van der Waals surface area contributed by atoms with Crippen LogP contribution in [0.25, 0.3) is 0 Å². The maximum atomic E-state index is 12.5. The number of ether oxygens (including phenoxy) is 2. The molecule has 0 spiro atoms. The van der Waals surface area contributed by atoms with E-state index in [1.165, 1.54) is 135 Å². The van der Waals surface area contributed by atoms with E-state index in [9.17, 15) is 19.0 Å². The molecule has 9 nitrogen and oxygen atoms in total. The molecule has 1 unspecified atom stereocenters. The second-order valence-corrected chi connectivity index (χ2v) is 17.5. The number of quaternary nitrogens is 1. The van der Waals surface area contributed by atoms with E-state index in [0.29, 0.717) is 17.4 Å². The zero-order chi connectivity index (χ0) is 38.6. The fourth-order valence-corrected chi connectivity index (χ4v) is 6.91. The molecule has 0 aliphatic heterocycles. The first-order chi connectivity index (χ1) is 25.0. The smallest absolute Gasteiger partial charge is 0.306 e. The fourth-order valence-electron chi connectivity index (χ4n) is 6.18. The molecule has 0 rings (SSSR count). The van der Waals surface area contributed by atoms with Crippen molar-refractivity contribution in [3.05, 3.63) is 0 Å². The van der Waals surface area contributed by atoms with Gasteiger partial charge in [-0.2, -0.15) is 0 Å². The number of unbranched alkanes of at least 4 members (excludes halogenated alkanes) is 26. The van der Waals surface area contributed by atoms with Gasteiger partial charge in [-0.1, -0.05) is 181 Å². The van der Waals surface area contributed by atoms with Gasteiger partial charge in [0.2, 0.25) is 0 Å². The van der Waals surface area contributed by atoms with Crippen LogP contribution in [0.3, 0.4) is 0 Å². The van der Waals surface area contributed by atoms with Crippen LogP contribution in [0.2, 0.25) is 0 Å². The molecule has 10 heteroatoms. The van der Waals surface area contributed by atoms with Gasteiger partial charge in [-0.25, -0.2) is 0 Å². The quantitative estimate of drug-likeness (QED) is 0.0263. The SMILES string of the molecule is CCCCCCCCCCCCCCCCCCCCCCC(=O)OC[C@H](COP(=O)([O-])OCC[N+](C)(C)C)OC(=O)CCCCCCCCCC. The first-order valence-corrected chi connectivity index (χ1v) is 23.2. The molecule has 0 saturated carbocycles. The highest BCUT2D eigenvalue weighted by Gasteiger charge is 2.21. The summed E-state index contributed by atoms with van der Waals surface area (Å²) in [4.78, 5) is 37.3. The van der Waals surface area contributed by atoms with Crippen molar-refractivity contribution in [3.63, 3.8) is 0 Å². The Balaban J connectivity index is 4.15. The lowest BCUT2D eigenvalue weighted by Crippen LogP contribution is -2.37. The normalized spacial score (nSPS) is 13.6. The highest BCUT2D eigenvalue weighted by molar-refractivity contribution is 7.45. The third kappa shape index (κ3) is 38.7. The van der Waals surface area contributed by atoms with Gasteiger partial charge in [-0.3, -0.25) is 14.2 Å². The summed E-state index contributed by atoms with van der Waals surface area (Å²) in [5.74, 6) is -0.826. The predicted octanol–water partition coefficient (Wildman–Crippen LogP) is 11.4. The average Bonchev–Trinajstić information content (AvgIpc) is 3.09. The minimum absolute atomic E-state index is 0.0262. The molecule has 0 aromatic rings. The molecule has 0 aromatic carbocycles. The predicted molar refractivity (Wildman–Crippen MR) is 213 cm³/mol. The van der Waals surface area contributed by atoms with Crippen LogP contribution in [-0.2, 0) is 32.7 Å². The number of hydrogen-bond donors (Lipinski definition) is 0. The van der Waals surface area contributed by atoms with E-state index in [1.807, 2.05) is 21.1 Å². The summed E-state index contributed by atoms with van der Waals surface area (Å²) >= 11 is 0. The largest absolute Gasteiger partial charge is 0.756 e. The Morgan fingerprint density at radius 3 is 1.23 bits per heavy atom. The molecule has 52 heavy (non-hydrogen) atoms. The standard InChI is InChI=1S/C42H84NO8P/c1-6-8-10-12-14-16-17-18-19-20-21-22-23-24-25-26-27-29-30-32-34-41(44)48-38-40(39-50-52(46,47)49-37-36-43(3,4)5)51-42(45)35-33-31-28-15-13-11-9-7-2/h40H,6-39H2,1-5H3/t40-/m1/s1. The van der Waals surface area contributed by atoms with Gasteiger partial charge >= 0.3 is 11.9 Å². The lowest BCUT2D eigenvalue weighted by Gasteiger charge is -2.28. The summed E-state index contributed by atoms with van der Waals surface area (Å²) in [6, 6.07) is 0. The molecule has 310 valence electrons. The van der Waals surface area contributed by atoms with Crippen molar-refractivity contribution < 1.29 is 42.1 Å². The van der Waals surface area contributed by atoms with Crippen LogP contribution in [0, 0.1) is 0 Å². The van der Waals surface area contributed by atoms with Crippen LogP contribution in [-0.4, -0.2) is 70.0 Å². The van der Waals surface area contributed by atoms with E-state index in [-0.39, 0.29) is 32.0 Å². The summed E-state index contributed by atoms with van der Waals surface area (Å²) in [5, 5.41) is 0. The summed E-state index contributed by atoms with van der Waals surface area (Å²) in [5.41, 5.74) is 0. The molecule has 0 heterocycles. The Labute approximate surface area is 321 Å². The lowest BCUT2D eigenvalue weighted by atomic mass is 10.0. The van der Waals surface area contributed by atoms with E-state index in [4.69, 9.17) is 18.5 Å². The highest BCUT2D eigenvalue weighted by Crippen LogP contribution is 2.38. The molecule has 0 aromatic heterocycles. The fraction of sp³-hybridized carbons (Fsp3) is 0.952. The summed E-state index contributed by atoms with van der Waals surface area (Å²) in [6.07, 6.45) is 34.3. The molecule has 2 atom stereocenters. The summed E-state index contributed by atoms with van der Waals surface area (Å²) in [7, 11) is 1.18. The molecule has 0 bridgehead atoms. The first-order valence-electron chi connectivity index (χ1n) is 21.7. The molecule has 0 aliphatic carbocycles. The van der Waals surface area contributed by atoms with E-state index < -0.39 is 26.5 Å². The van der Waals surface area contributed by atoms with Gasteiger partial charge < -0.3 is 27.9 Å². The van der Waals surface area contributed by atoms with Gasteiger partial charge in [0.1, 0.15) is 19.8 Å². The minimum atomic E-state index is -4.61. The number of esters is 2. The van der Waals surface area contributed by atoms with Crippen molar-refractivity contribution in [2.75, 3.05) is 47.5 Å². The topological polar surface area (TPSA) is 111 Å². The molecule has 0 fully saturated rings. The van der Waals surface area contributed by atoms with Crippen LogP contribution in [0.1, 0.15) is 206 Å². The average molecular weight is 762 g/mol. The molecule has 0 radical (unpaired) electrons. The number of carbonyl (C=O) groups excluding carboxylic acids is 2. The van der Waals surface area contributed by atoms with E-state index in [2.05, 4.69) is 13.8 Å². The minimum Gasteiger partial charge on any atom is -0.756 e. The second kappa shape index (κ2) is 35.7. The molecule has 0 N–H and O–H groups in total. The lowest BCUT2D eigenvalue weighted by molar-refractivity contribution is -0.870. The van der Waals surface area contributed by atoms with Gasteiger partial charge in [0.15, 0.2) is 6.10 Å². The number of phosphoric acid groups is 1. The first kappa shape index (κ1) is 51.0. The van der Waals surface area contributed by atoms with Gasteiger partial charge in [-0.05, 0) is 12.8 Å². The van der Waals surface area contributed by atoms with Gasteiger partial charge in [-0.15, -0.1) is 0 Å². The number of phosphoric ester groups is 1. The van der Waals surface area contributed by atoms with E-state index >= 15 is 0 Å². The molecule has 0 aliphatic rings. The number of nitrogens with zero attached hydrogens (tertiary/aromatic N) is 1. The Bertz CT molecular complexity index is 865. The van der Waals surface area contributed by atoms with Gasteiger partial charge in [0.05, 0.1) is 27.7 Å². The van der Waals surface area contributed by atoms with Crippen LogP contribution in [0.15, 0.2) is 0 Å². The zero-order valence-electron chi connectivity index (χ0n) is 34.8. The molecular weight excluding hydrogens is 677 g/mol. The van der Waals surface area contributed by atoms with Crippen LogP contribution in [0.4, 0.5) is 0 Å². The number of likely N-dealkylation sites (N-methyl/N-ethyl adjacent to an activating group) is 1. The maximum absolute atomic E-state index is 12.5. The third-order valence-electron chi connectivity index (χ3n) is 9.63. The maximum Gasteiger partial charge on any atom is 0.306 e. The van der Waals surface area contributed by atoms with Crippen molar-refractivity contribution in [3.8, 4) is 0 Å². The van der Waals surface area contributed by atoms with Crippen molar-refractivity contribution >= 4 is 19.8 Å². The Morgan fingerprint density at radius 1 is 0.519 bits per heavy atom. The molecular formula is C42H84NO8P. The number of rotatable bonds is 40. The third-order valence-corrected chi connectivity index (χ3v) is 10.6. The number of hydrogen-bond acceptors (Lipinski definition) is 8. The molecule has 0 amide bonds. The van der Waals surface area contributed by atoms with Gasteiger partial charge in [0, 0.05) is 12.8 Å². The van der Waals surface area contributed by atoms with Crippen LogP contribution < -0.4 is 4.89 Å². The summed E-state index contributed by atoms with van der Waals surface area (Å²) < 4.78 is 33.8. The zero-order valence-corrected chi connectivity index (χ0v) is 35.7. The Kier molecular flexibility index (Phi) is 35.0.